The van der Waals surface area contributed by atoms with Gasteiger partial charge in [0.05, 0.1) is 11.4 Å². The molecule has 1 aliphatic carbocycles. The number of para-hydroxylation sites is 2. The number of benzene rings is 9. The molecule has 54 heavy (non-hydrogen) atoms. The van der Waals surface area contributed by atoms with Gasteiger partial charge in [-0.05, 0) is 111 Å². The molecule has 0 bridgehead atoms. The minimum atomic E-state index is 0.955. The van der Waals surface area contributed by atoms with Crippen LogP contribution in [0.1, 0.15) is 18.4 Å². The lowest BCUT2D eigenvalue weighted by atomic mass is 9.91. The molecule has 2 nitrogen and oxygen atoms in total. The second-order valence-corrected chi connectivity index (χ2v) is 14.1. The molecule has 0 spiro atoms. The van der Waals surface area contributed by atoms with Crippen molar-refractivity contribution in [2.75, 3.05) is 9.80 Å². The topological polar surface area (TPSA) is 6.48 Å². The van der Waals surface area contributed by atoms with E-state index in [-0.39, 0.29) is 0 Å². The van der Waals surface area contributed by atoms with Crippen LogP contribution in [0, 0.1) is 0 Å². The molecular formula is C52H38N2. The molecule has 0 fully saturated rings. The zero-order valence-corrected chi connectivity index (χ0v) is 29.9. The van der Waals surface area contributed by atoms with E-state index >= 15 is 0 Å². The maximum Gasteiger partial charge on any atom is 0.0540 e. The molecule has 0 radical (unpaired) electrons. The smallest absolute Gasteiger partial charge is 0.0540 e. The Kier molecular flexibility index (Phi) is 8.00. The number of rotatable bonds is 8. The van der Waals surface area contributed by atoms with E-state index in [1.165, 1.54) is 71.7 Å². The zero-order chi connectivity index (χ0) is 35.8. The third-order valence-corrected chi connectivity index (χ3v) is 10.9. The molecule has 0 saturated carbocycles. The molecule has 0 atom stereocenters. The van der Waals surface area contributed by atoms with Crippen LogP contribution in [0.2, 0.25) is 0 Å². The Morgan fingerprint density at radius 3 is 1.30 bits per heavy atom. The molecule has 9 aromatic carbocycles. The first-order valence-electron chi connectivity index (χ1n) is 18.8. The van der Waals surface area contributed by atoms with E-state index in [9.17, 15) is 0 Å². The van der Waals surface area contributed by atoms with Crippen LogP contribution in [0.15, 0.2) is 212 Å². The summed E-state index contributed by atoms with van der Waals surface area (Å²) in [5, 5.41) is 7.58. The van der Waals surface area contributed by atoms with Crippen molar-refractivity contribution >= 4 is 66.3 Å². The molecule has 2 heteroatoms. The van der Waals surface area contributed by atoms with Gasteiger partial charge in [0.15, 0.2) is 0 Å². The molecule has 9 aromatic rings. The maximum absolute atomic E-state index is 2.48. The molecule has 0 aromatic heterocycles. The fraction of sp³-hybridized carbons (Fsp3) is 0.0385. The van der Waals surface area contributed by atoms with Crippen molar-refractivity contribution in [3.63, 3.8) is 0 Å². The van der Waals surface area contributed by atoms with Crippen LogP contribution in [0.5, 0.6) is 0 Å². The predicted molar refractivity (Wildman–Crippen MR) is 231 cm³/mol. The average molecular weight is 691 g/mol. The molecule has 0 saturated heterocycles. The highest BCUT2D eigenvalue weighted by Crippen LogP contribution is 2.47. The van der Waals surface area contributed by atoms with Crippen LogP contribution in [-0.4, -0.2) is 0 Å². The highest BCUT2D eigenvalue weighted by molar-refractivity contribution is 6.28. The Bertz CT molecular complexity index is 2790. The van der Waals surface area contributed by atoms with Crippen LogP contribution < -0.4 is 9.80 Å². The van der Waals surface area contributed by atoms with Gasteiger partial charge in [-0.1, -0.05) is 152 Å². The molecule has 0 aliphatic heterocycles. The predicted octanol–water partition coefficient (Wildman–Crippen LogP) is 14.6. The summed E-state index contributed by atoms with van der Waals surface area (Å²) in [7, 11) is 0. The van der Waals surface area contributed by atoms with Gasteiger partial charge in [-0.25, -0.2) is 0 Å². The molecule has 0 amide bonds. The highest BCUT2D eigenvalue weighted by Gasteiger charge is 2.23. The summed E-state index contributed by atoms with van der Waals surface area (Å²) in [5.74, 6) is 0. The Balaban J connectivity index is 1.15. The number of anilines is 5. The first-order chi connectivity index (χ1) is 26.8. The van der Waals surface area contributed by atoms with Gasteiger partial charge in [0.2, 0.25) is 0 Å². The molecule has 10 rings (SSSR count). The van der Waals surface area contributed by atoms with Gasteiger partial charge >= 0.3 is 0 Å². The summed E-state index contributed by atoms with van der Waals surface area (Å²) in [4.78, 5) is 4.89. The van der Waals surface area contributed by atoms with Crippen LogP contribution >= 0.6 is 0 Å². The summed E-state index contributed by atoms with van der Waals surface area (Å²) < 4.78 is 0. The third kappa shape index (κ3) is 5.60. The van der Waals surface area contributed by atoms with Gasteiger partial charge in [-0.2, -0.15) is 0 Å². The second kappa shape index (κ2) is 13.6. The largest absolute Gasteiger partial charge is 0.314 e. The number of allylic oxidation sites excluding steroid dienone is 4. The number of hydrogen-bond donors (Lipinski definition) is 0. The molecule has 0 heterocycles. The van der Waals surface area contributed by atoms with E-state index in [0.717, 1.165) is 29.9 Å². The Morgan fingerprint density at radius 1 is 0.315 bits per heavy atom. The standard InChI is InChI=1S/C52H38N2/c1-5-13-37(14-6-1)39-21-29-45(30-22-39)53(43-17-9-3-10-18-43)49-35-27-41-26-34-48-50(36-28-42-25-33-47(49)51(41)52(42)48)54(44-19-11-4-12-20-44)46-31-23-40(24-32-46)38-15-7-2-8-16-38/h1-23,25-31,33-36H,24,32H2. The fourth-order valence-electron chi connectivity index (χ4n) is 8.34. The SMILES string of the molecule is C1=C(c2ccccc2)CCC(N(c2ccccc2)c2ccc3ccc4c(N(c5ccccc5)c5ccc(-c6ccccc6)cc5)ccc5ccc2c3c54)=C1. The van der Waals surface area contributed by atoms with Gasteiger partial charge < -0.3 is 9.80 Å². The number of hydrogen-bond acceptors (Lipinski definition) is 2. The summed E-state index contributed by atoms with van der Waals surface area (Å²) in [6.07, 6.45) is 6.60. The van der Waals surface area contributed by atoms with E-state index in [1.54, 1.807) is 0 Å². The van der Waals surface area contributed by atoms with Gasteiger partial charge in [0.1, 0.15) is 0 Å². The van der Waals surface area contributed by atoms with Crippen molar-refractivity contribution in [1.29, 1.82) is 0 Å². The van der Waals surface area contributed by atoms with E-state index in [1.807, 2.05) is 0 Å². The normalized spacial score (nSPS) is 12.9. The van der Waals surface area contributed by atoms with Crippen molar-refractivity contribution in [2.45, 2.75) is 12.8 Å². The lowest BCUT2D eigenvalue weighted by Gasteiger charge is -2.32. The quantitative estimate of drug-likeness (QED) is 0.146. The summed E-state index contributed by atoms with van der Waals surface area (Å²) in [5.41, 5.74) is 12.2. The van der Waals surface area contributed by atoms with E-state index in [4.69, 9.17) is 0 Å². The van der Waals surface area contributed by atoms with Crippen molar-refractivity contribution in [3.05, 3.63) is 218 Å². The maximum atomic E-state index is 2.48. The van der Waals surface area contributed by atoms with Gasteiger partial charge in [0.25, 0.3) is 0 Å². The molecule has 256 valence electrons. The second-order valence-electron chi connectivity index (χ2n) is 14.1. The first-order valence-corrected chi connectivity index (χ1v) is 18.8. The Morgan fingerprint density at radius 2 is 0.759 bits per heavy atom. The zero-order valence-electron chi connectivity index (χ0n) is 29.9. The van der Waals surface area contributed by atoms with Crippen LogP contribution in [0.4, 0.5) is 28.4 Å². The van der Waals surface area contributed by atoms with Gasteiger partial charge in [-0.3, -0.25) is 0 Å². The summed E-state index contributed by atoms with van der Waals surface area (Å²) >= 11 is 0. The van der Waals surface area contributed by atoms with Crippen LogP contribution in [-0.2, 0) is 0 Å². The minimum absolute atomic E-state index is 0.955. The molecule has 0 unspecified atom stereocenters. The minimum Gasteiger partial charge on any atom is -0.314 e. The van der Waals surface area contributed by atoms with Gasteiger partial charge in [0, 0.05) is 33.5 Å². The molecule has 0 N–H and O–H groups in total. The van der Waals surface area contributed by atoms with E-state index in [0.29, 0.717) is 0 Å². The van der Waals surface area contributed by atoms with E-state index in [2.05, 4.69) is 216 Å². The van der Waals surface area contributed by atoms with Crippen molar-refractivity contribution in [1.82, 2.24) is 0 Å². The highest BCUT2D eigenvalue weighted by atomic mass is 15.2. The Hall–Kier alpha value is -6.90. The first kappa shape index (κ1) is 31.8. The fourth-order valence-corrected chi connectivity index (χ4v) is 8.34. The molecule has 1 aliphatic rings. The Labute approximate surface area is 316 Å². The molecular weight excluding hydrogens is 653 g/mol. The average Bonchev–Trinajstić information content (AvgIpc) is 3.26. The van der Waals surface area contributed by atoms with Crippen molar-refractivity contribution < 1.29 is 0 Å². The van der Waals surface area contributed by atoms with Crippen LogP contribution in [0.25, 0.3) is 49.0 Å². The monoisotopic (exact) mass is 690 g/mol. The van der Waals surface area contributed by atoms with Gasteiger partial charge in [-0.15, -0.1) is 0 Å². The van der Waals surface area contributed by atoms with Crippen LogP contribution in [0.3, 0.4) is 0 Å². The van der Waals surface area contributed by atoms with Crippen molar-refractivity contribution in [3.8, 4) is 11.1 Å². The number of nitrogens with zero attached hydrogens (tertiary/aromatic N) is 2. The third-order valence-electron chi connectivity index (χ3n) is 10.9. The van der Waals surface area contributed by atoms with Crippen molar-refractivity contribution in [2.24, 2.45) is 0 Å². The lowest BCUT2D eigenvalue weighted by Crippen LogP contribution is -2.18. The van der Waals surface area contributed by atoms with E-state index < -0.39 is 0 Å². The lowest BCUT2D eigenvalue weighted by molar-refractivity contribution is 0.932. The summed E-state index contributed by atoms with van der Waals surface area (Å²) in [6.45, 7) is 0. The summed E-state index contributed by atoms with van der Waals surface area (Å²) in [6, 6.07) is 70.4.